The second kappa shape index (κ2) is 9.50. The van der Waals surface area contributed by atoms with Crippen LogP contribution in [0.2, 0.25) is 0 Å². The van der Waals surface area contributed by atoms with Crippen molar-refractivity contribution in [3.05, 3.63) is 83.7 Å². The van der Waals surface area contributed by atoms with Crippen LogP contribution in [0.1, 0.15) is 33.3 Å². The minimum atomic E-state index is -0.231. The second-order valence-electron chi connectivity index (χ2n) is 6.51. The van der Waals surface area contributed by atoms with Gasteiger partial charge in [0.05, 0.1) is 19.0 Å². The summed E-state index contributed by atoms with van der Waals surface area (Å²) in [5, 5.41) is 6.06. The Morgan fingerprint density at radius 1 is 1.00 bits per heavy atom. The standard InChI is InChI=1S/C23H23N3O3/c1-16(27)18-7-5-8-19(14-18)26-20-10-11-21(25-15-20)23(28)24-13-12-17-6-3-4-9-22(17)29-2/h3-11,14-15,26H,12-13H2,1-2H3,(H,24,28). The number of aromatic nitrogens is 1. The van der Waals surface area contributed by atoms with E-state index in [1.165, 1.54) is 6.92 Å². The first kappa shape index (κ1) is 20.1. The number of methoxy groups -OCH3 is 1. The molecule has 3 rings (SSSR count). The maximum Gasteiger partial charge on any atom is 0.269 e. The van der Waals surface area contributed by atoms with E-state index in [1.54, 1.807) is 37.6 Å². The van der Waals surface area contributed by atoms with Crippen LogP contribution in [0.25, 0.3) is 0 Å². The van der Waals surface area contributed by atoms with E-state index in [0.717, 1.165) is 22.7 Å². The predicted molar refractivity (Wildman–Crippen MR) is 113 cm³/mol. The lowest BCUT2D eigenvalue weighted by Crippen LogP contribution is -2.26. The summed E-state index contributed by atoms with van der Waals surface area (Å²) >= 11 is 0. The van der Waals surface area contributed by atoms with Crippen molar-refractivity contribution in [2.24, 2.45) is 0 Å². The zero-order chi connectivity index (χ0) is 20.6. The summed E-state index contributed by atoms with van der Waals surface area (Å²) in [6.45, 7) is 2.01. The van der Waals surface area contributed by atoms with Crippen LogP contribution >= 0.6 is 0 Å². The number of ether oxygens (including phenoxy) is 1. The number of nitrogens with zero attached hydrogens (tertiary/aromatic N) is 1. The van der Waals surface area contributed by atoms with Crippen molar-refractivity contribution in [1.29, 1.82) is 0 Å². The molecule has 2 aromatic carbocycles. The number of benzene rings is 2. The molecule has 29 heavy (non-hydrogen) atoms. The Bertz CT molecular complexity index is 1000. The van der Waals surface area contributed by atoms with Gasteiger partial charge >= 0.3 is 0 Å². The van der Waals surface area contributed by atoms with E-state index >= 15 is 0 Å². The largest absolute Gasteiger partial charge is 0.496 e. The van der Waals surface area contributed by atoms with E-state index in [0.29, 0.717) is 24.2 Å². The molecule has 0 saturated heterocycles. The molecule has 0 bridgehead atoms. The van der Waals surface area contributed by atoms with Crippen molar-refractivity contribution in [3.63, 3.8) is 0 Å². The van der Waals surface area contributed by atoms with Crippen molar-refractivity contribution >= 4 is 23.1 Å². The highest BCUT2D eigenvalue weighted by Gasteiger charge is 2.08. The number of Topliss-reactive ketones (excluding diaryl/α,β-unsaturated/α-hetero) is 1. The van der Waals surface area contributed by atoms with Gasteiger partial charge in [0.25, 0.3) is 5.91 Å². The van der Waals surface area contributed by atoms with Gasteiger partial charge < -0.3 is 15.4 Å². The predicted octanol–water partition coefficient (Wildman–Crippen LogP) is 4.01. The van der Waals surface area contributed by atoms with Gasteiger partial charge in [-0.3, -0.25) is 9.59 Å². The SMILES string of the molecule is COc1ccccc1CCNC(=O)c1ccc(Nc2cccc(C(C)=O)c2)cn1. The van der Waals surface area contributed by atoms with Gasteiger partial charge in [-0.25, -0.2) is 4.98 Å². The van der Waals surface area contributed by atoms with Crippen LogP contribution in [0, 0.1) is 0 Å². The molecule has 0 aliphatic heterocycles. The average Bonchev–Trinajstić information content (AvgIpc) is 2.74. The molecule has 0 spiro atoms. The van der Waals surface area contributed by atoms with E-state index in [4.69, 9.17) is 4.74 Å². The lowest BCUT2D eigenvalue weighted by molar-refractivity contribution is 0.0948. The number of rotatable bonds is 8. The molecule has 1 aromatic heterocycles. The van der Waals surface area contributed by atoms with Gasteiger partial charge in [0.15, 0.2) is 5.78 Å². The molecule has 0 fully saturated rings. The Balaban J connectivity index is 1.56. The number of pyridine rings is 1. The van der Waals surface area contributed by atoms with Gasteiger partial charge in [0, 0.05) is 17.8 Å². The first-order valence-electron chi connectivity index (χ1n) is 9.31. The van der Waals surface area contributed by atoms with Gasteiger partial charge in [0.2, 0.25) is 0 Å². The van der Waals surface area contributed by atoms with Crippen LogP contribution in [0.15, 0.2) is 66.9 Å². The van der Waals surface area contributed by atoms with Crippen molar-refractivity contribution < 1.29 is 14.3 Å². The van der Waals surface area contributed by atoms with Gasteiger partial charge in [-0.15, -0.1) is 0 Å². The lowest BCUT2D eigenvalue weighted by atomic mass is 10.1. The normalized spacial score (nSPS) is 10.3. The number of carbonyl (C=O) groups is 2. The molecule has 6 nitrogen and oxygen atoms in total. The topological polar surface area (TPSA) is 80.3 Å². The summed E-state index contributed by atoms with van der Waals surface area (Å²) in [7, 11) is 1.63. The molecular weight excluding hydrogens is 366 g/mol. The third-order valence-electron chi connectivity index (χ3n) is 4.43. The molecule has 0 aliphatic carbocycles. The molecule has 0 unspecified atom stereocenters. The van der Waals surface area contributed by atoms with Crippen LogP contribution < -0.4 is 15.4 Å². The smallest absolute Gasteiger partial charge is 0.269 e. The first-order chi connectivity index (χ1) is 14.1. The monoisotopic (exact) mass is 389 g/mol. The van der Waals surface area contributed by atoms with E-state index in [-0.39, 0.29) is 11.7 Å². The van der Waals surface area contributed by atoms with Gasteiger partial charge in [0.1, 0.15) is 11.4 Å². The second-order valence-corrected chi connectivity index (χ2v) is 6.51. The Kier molecular flexibility index (Phi) is 6.58. The fourth-order valence-electron chi connectivity index (χ4n) is 2.90. The third kappa shape index (κ3) is 5.42. The number of ketones is 1. The van der Waals surface area contributed by atoms with E-state index < -0.39 is 0 Å². The molecule has 0 saturated carbocycles. The first-order valence-corrected chi connectivity index (χ1v) is 9.31. The maximum absolute atomic E-state index is 12.3. The zero-order valence-electron chi connectivity index (χ0n) is 16.4. The molecule has 0 radical (unpaired) electrons. The molecule has 6 heteroatoms. The van der Waals surface area contributed by atoms with E-state index in [2.05, 4.69) is 15.6 Å². The number of carbonyl (C=O) groups excluding carboxylic acids is 2. The minimum absolute atomic E-state index is 0.00640. The molecule has 148 valence electrons. The summed E-state index contributed by atoms with van der Waals surface area (Å²) in [5.41, 5.74) is 3.53. The molecule has 1 heterocycles. The fraction of sp³-hybridized carbons (Fsp3) is 0.174. The highest BCUT2D eigenvalue weighted by atomic mass is 16.5. The van der Waals surface area contributed by atoms with Crippen molar-refractivity contribution in [1.82, 2.24) is 10.3 Å². The highest BCUT2D eigenvalue weighted by molar-refractivity contribution is 5.95. The Morgan fingerprint density at radius 3 is 2.55 bits per heavy atom. The summed E-state index contributed by atoms with van der Waals surface area (Å²) in [6, 6.07) is 18.4. The molecule has 0 atom stereocenters. The fourth-order valence-corrected chi connectivity index (χ4v) is 2.90. The quantitative estimate of drug-likeness (QED) is 0.569. The maximum atomic E-state index is 12.3. The van der Waals surface area contributed by atoms with Gasteiger partial charge in [-0.05, 0) is 49.2 Å². The summed E-state index contributed by atoms with van der Waals surface area (Å²) in [6.07, 6.45) is 2.26. The van der Waals surface area contributed by atoms with Crippen LogP contribution in [-0.2, 0) is 6.42 Å². The van der Waals surface area contributed by atoms with Gasteiger partial charge in [-0.2, -0.15) is 0 Å². The number of hydrogen-bond acceptors (Lipinski definition) is 5. The summed E-state index contributed by atoms with van der Waals surface area (Å²) in [4.78, 5) is 28.0. The van der Waals surface area contributed by atoms with E-state index in [1.807, 2.05) is 36.4 Å². The molecule has 2 N–H and O–H groups in total. The average molecular weight is 389 g/mol. The number of para-hydroxylation sites is 1. The van der Waals surface area contributed by atoms with Crippen molar-refractivity contribution in [2.75, 3.05) is 19.0 Å². The highest BCUT2D eigenvalue weighted by Crippen LogP contribution is 2.18. The summed E-state index contributed by atoms with van der Waals surface area (Å²) < 4.78 is 5.32. The molecule has 1 amide bonds. The van der Waals surface area contributed by atoms with Crippen LogP contribution in [0.5, 0.6) is 5.75 Å². The van der Waals surface area contributed by atoms with Crippen LogP contribution in [0.4, 0.5) is 11.4 Å². The number of nitrogens with one attached hydrogen (secondary N) is 2. The number of anilines is 2. The molecule has 0 aliphatic rings. The van der Waals surface area contributed by atoms with Crippen molar-refractivity contribution in [3.8, 4) is 5.75 Å². The van der Waals surface area contributed by atoms with Crippen LogP contribution in [0.3, 0.4) is 0 Å². The summed E-state index contributed by atoms with van der Waals surface area (Å²) in [5.74, 6) is 0.584. The van der Waals surface area contributed by atoms with Crippen LogP contribution in [-0.4, -0.2) is 30.3 Å². The molecular formula is C23H23N3O3. The Labute approximate surface area is 169 Å². The molecule has 3 aromatic rings. The Morgan fingerprint density at radius 2 is 1.83 bits per heavy atom. The Hall–Kier alpha value is -3.67. The number of amides is 1. The third-order valence-corrected chi connectivity index (χ3v) is 4.43. The lowest BCUT2D eigenvalue weighted by Gasteiger charge is -2.10. The minimum Gasteiger partial charge on any atom is -0.496 e. The van der Waals surface area contributed by atoms with E-state index in [9.17, 15) is 9.59 Å². The van der Waals surface area contributed by atoms with Gasteiger partial charge in [-0.1, -0.05) is 30.3 Å². The zero-order valence-corrected chi connectivity index (χ0v) is 16.4. The number of hydrogen-bond donors (Lipinski definition) is 2. The van der Waals surface area contributed by atoms with Crippen molar-refractivity contribution in [2.45, 2.75) is 13.3 Å².